The molecule has 15 N–H and O–H groups in total. The minimum Gasteiger partial charge on any atom is -0.396 e. The number of carbonyl (C=O) groups excluding carboxylic acids is 3. The van der Waals surface area contributed by atoms with Crippen molar-refractivity contribution in [2.24, 2.45) is 17.3 Å². The summed E-state index contributed by atoms with van der Waals surface area (Å²) in [7, 11) is 0. The van der Waals surface area contributed by atoms with Gasteiger partial charge in [0.2, 0.25) is 17.7 Å². The molecule has 4 aliphatic rings. The van der Waals surface area contributed by atoms with Crippen LogP contribution in [0, 0.1) is 17.3 Å². The third kappa shape index (κ3) is 27.8. The van der Waals surface area contributed by atoms with Crippen molar-refractivity contribution in [3.8, 4) is 0 Å². The molecule has 3 aliphatic heterocycles. The summed E-state index contributed by atoms with van der Waals surface area (Å²) in [6.07, 6.45) is -8.05. The van der Waals surface area contributed by atoms with Crippen LogP contribution in [0.2, 0.25) is 0 Å². The third-order valence-corrected chi connectivity index (χ3v) is 19.9. The number of nitrogens with one attached hydrogen (secondary N) is 3. The summed E-state index contributed by atoms with van der Waals surface area (Å²) in [6, 6.07) is -3.13. The lowest BCUT2D eigenvalue weighted by atomic mass is 9.79. The Labute approximate surface area is 648 Å². The average Bonchev–Trinajstić information content (AvgIpc) is 0.959. The Morgan fingerprint density at radius 1 is 0.464 bits per heavy atom. The summed E-state index contributed by atoms with van der Waals surface area (Å²) in [4.78, 5) is 40.3. The highest BCUT2D eigenvalue weighted by Crippen LogP contribution is 2.33. The molecule has 112 heavy (non-hydrogen) atoms. The lowest BCUT2D eigenvalue weighted by Gasteiger charge is -2.42. The van der Waals surface area contributed by atoms with Crippen molar-refractivity contribution < 1.29 is 128 Å². The molecule has 1 aliphatic carbocycles. The minimum atomic E-state index is -1.46. The molecule has 1 unspecified atom stereocenters. The first-order valence-electron chi connectivity index (χ1n) is 38.1. The Hall–Kier alpha value is -6.03. The van der Waals surface area contributed by atoms with Crippen LogP contribution < -0.4 is 16.0 Å². The summed E-state index contributed by atoms with van der Waals surface area (Å²) in [5, 5.41) is 167. The summed E-state index contributed by atoms with van der Waals surface area (Å²) in [5.41, 5.74) is 2.42. The lowest BCUT2D eigenvalue weighted by molar-refractivity contribution is -0.284. The van der Waals surface area contributed by atoms with Gasteiger partial charge < -0.3 is 129 Å². The Morgan fingerprint density at radius 2 is 0.821 bits per heavy atom. The van der Waals surface area contributed by atoms with Crippen LogP contribution in [0.5, 0.6) is 0 Å². The van der Waals surface area contributed by atoms with Gasteiger partial charge in [0.15, 0.2) is 18.9 Å². The van der Waals surface area contributed by atoms with Crippen molar-refractivity contribution in [3.63, 3.8) is 0 Å². The van der Waals surface area contributed by atoms with Crippen LogP contribution >= 0.6 is 0 Å². The molecule has 43 heteroatoms. The first-order valence-corrected chi connectivity index (χ1v) is 38.1. The smallest absolute Gasteiger partial charge is 0.217 e. The van der Waals surface area contributed by atoms with Crippen molar-refractivity contribution in [2.75, 3.05) is 112 Å². The Bertz CT molecular complexity index is 3250. The predicted molar refractivity (Wildman–Crippen MR) is 384 cm³/mol. The molecule has 0 spiro atoms. The summed E-state index contributed by atoms with van der Waals surface area (Å²) in [5.74, 6) is -2.54. The van der Waals surface area contributed by atoms with Crippen LogP contribution in [-0.4, -0.2) is 377 Å². The number of aliphatic hydroxyl groups excluding tert-OH is 12. The molecule has 3 amide bonds. The molecule has 4 fully saturated rings. The van der Waals surface area contributed by atoms with E-state index in [1.165, 1.54) is 20.8 Å². The monoisotopic (exact) mass is 1600 g/mol. The molecular weight excluding hydrogens is 1480 g/mol. The number of aliphatic hydroxyl groups is 12. The van der Waals surface area contributed by atoms with Crippen LogP contribution in [-0.2, 0) is 119 Å². The van der Waals surface area contributed by atoms with Crippen molar-refractivity contribution in [1.82, 2.24) is 85.7 Å². The van der Waals surface area contributed by atoms with Crippen molar-refractivity contribution >= 4 is 17.7 Å². The molecule has 21 atom stereocenters. The van der Waals surface area contributed by atoms with E-state index in [4.69, 9.17) is 52.1 Å². The number of hydrogen-bond donors (Lipinski definition) is 15. The second-order valence-corrected chi connectivity index (χ2v) is 29.7. The summed E-state index contributed by atoms with van der Waals surface area (Å²) < 4.78 is 70.6. The highest BCUT2D eigenvalue weighted by atomic mass is 16.7. The van der Waals surface area contributed by atoms with E-state index in [2.05, 4.69) is 87.8 Å². The second kappa shape index (κ2) is 46.1. The standard InChI is InChI=1S/C69H119N17O26/c1-41-58(94)60(96)51(38-88)110-66(41)107-25-21-103-19-15-86-36-49(76-80-86)32-82(31-48-35-85(79-75-48)14-16-102-20-24-106-50-28-45(37-87)59(95)63(99)55(50)70-42(2)91)54(69(5,6)7)10-8-9-11-81(29-46-33-83(77-73-46)12-17-104-22-26-108-67-56(71-43(3)92)64(100)61(97)52(39-89)111-67)30-47-34-84(78-74-47)13-18-105-23-27-109-68-57(72-44(4)93)65(101)62(98)53(40-90)112-68/h33-36,41,45,50-68,87-90,94-101H,8-32,37-40H2,1-7H3,(H,70,91)(H,71,92)(H,72,93)/t41-,45-,50-,51-,52-,53-,54?,55+,56-,57-,58-,59+,60+,61+,62+,63-,64-,65-,66-,67-,68-/m1/s1. The zero-order valence-electron chi connectivity index (χ0n) is 64.8. The fourth-order valence-electron chi connectivity index (χ4n) is 14.0. The van der Waals surface area contributed by atoms with Crippen molar-refractivity contribution in [2.45, 2.75) is 243 Å². The van der Waals surface area contributed by atoms with E-state index >= 15 is 0 Å². The van der Waals surface area contributed by atoms with Gasteiger partial charge in [0.05, 0.1) is 172 Å². The molecule has 43 nitrogen and oxygen atoms in total. The van der Waals surface area contributed by atoms with Crippen LogP contribution in [0.15, 0.2) is 24.8 Å². The number of ether oxygens (including phenoxy) is 11. The van der Waals surface area contributed by atoms with E-state index in [0.717, 1.165) is 19.3 Å². The van der Waals surface area contributed by atoms with Crippen LogP contribution in [0.1, 0.15) is 96.9 Å². The normalized spacial score (nSPS) is 28.8. The highest BCUT2D eigenvalue weighted by Gasteiger charge is 2.48. The molecule has 7 heterocycles. The van der Waals surface area contributed by atoms with Crippen molar-refractivity contribution in [3.05, 3.63) is 47.6 Å². The van der Waals surface area contributed by atoms with E-state index in [0.29, 0.717) is 81.7 Å². The third-order valence-electron chi connectivity index (χ3n) is 19.9. The van der Waals surface area contributed by atoms with Crippen molar-refractivity contribution in [1.29, 1.82) is 0 Å². The maximum absolute atomic E-state index is 12.0. The van der Waals surface area contributed by atoms with Gasteiger partial charge in [0.1, 0.15) is 67.0 Å². The molecule has 1 saturated carbocycles. The predicted octanol–water partition coefficient (Wildman–Crippen LogP) is -6.96. The maximum atomic E-state index is 12.0. The molecule has 0 aromatic carbocycles. The van der Waals surface area contributed by atoms with Gasteiger partial charge >= 0.3 is 0 Å². The van der Waals surface area contributed by atoms with Gasteiger partial charge in [-0.05, 0) is 31.2 Å². The van der Waals surface area contributed by atoms with E-state index in [1.54, 1.807) is 25.7 Å². The molecular formula is C69H119N17O26. The van der Waals surface area contributed by atoms with Crippen LogP contribution in [0.3, 0.4) is 0 Å². The number of carbonyl (C=O) groups is 3. The topological polar surface area (TPSA) is 561 Å². The summed E-state index contributed by atoms with van der Waals surface area (Å²) in [6.45, 7) is 15.2. The highest BCUT2D eigenvalue weighted by molar-refractivity contribution is 5.74. The zero-order valence-corrected chi connectivity index (χ0v) is 64.8. The van der Waals surface area contributed by atoms with E-state index in [1.807, 2.05) is 24.8 Å². The first kappa shape index (κ1) is 91.5. The van der Waals surface area contributed by atoms with Gasteiger partial charge in [-0.3, -0.25) is 24.2 Å². The SMILES string of the molecule is CC(=O)N[C@@H]1[C@@H](O)[C@@H](O)[C@@H](CO)C[C@H]1OCCOCCn1cc(CN(Cc2cn(CCOCCO[C@@H]3O[C@H](CO)[C@H](O)[C@H](O)[C@H]3C)nn2)C(CCCCN(Cc2cn(CCOCCO[C@@H]3O[C@H](CO)[C@H](O)[C@H](O)[C@H]3NC(C)=O)nn2)Cc2cn(CCOCCO[C@@H]3O[C@H](CO)[C@H](O)[C@H](O)[C@H]3NC(C)=O)nn2)C(C)(C)C)nn1. The quantitative estimate of drug-likeness (QED) is 0.0183. The largest absolute Gasteiger partial charge is 0.396 e. The molecule has 636 valence electrons. The molecule has 8 rings (SSSR count). The molecule has 0 radical (unpaired) electrons. The van der Waals surface area contributed by atoms with Crippen LogP contribution in [0.25, 0.3) is 0 Å². The number of amides is 3. The van der Waals surface area contributed by atoms with E-state index in [9.17, 15) is 75.7 Å². The van der Waals surface area contributed by atoms with Gasteiger partial charge in [-0.1, -0.05) is 55.0 Å². The van der Waals surface area contributed by atoms with Gasteiger partial charge in [0, 0.05) is 96.2 Å². The Kier molecular flexibility index (Phi) is 37.6. The molecule has 3 saturated heterocycles. The fourth-order valence-corrected chi connectivity index (χ4v) is 14.0. The Balaban J connectivity index is 0.898. The van der Waals surface area contributed by atoms with E-state index in [-0.39, 0.29) is 104 Å². The summed E-state index contributed by atoms with van der Waals surface area (Å²) >= 11 is 0. The second-order valence-electron chi connectivity index (χ2n) is 29.7. The van der Waals surface area contributed by atoms with Crippen LogP contribution in [0.4, 0.5) is 0 Å². The zero-order chi connectivity index (χ0) is 81.0. The molecule has 4 aromatic rings. The number of aromatic nitrogens is 12. The molecule has 4 aromatic heterocycles. The van der Waals surface area contributed by atoms with Gasteiger partial charge in [-0.25, -0.2) is 18.7 Å². The average molecular weight is 1600 g/mol. The van der Waals surface area contributed by atoms with E-state index < -0.39 is 160 Å². The molecule has 0 bridgehead atoms. The Morgan fingerprint density at radius 3 is 1.21 bits per heavy atom. The lowest BCUT2D eigenvalue weighted by Crippen LogP contribution is -2.64. The van der Waals surface area contributed by atoms with Gasteiger partial charge in [-0.2, -0.15) is 0 Å². The fraction of sp³-hybridized carbons (Fsp3) is 0.841. The maximum Gasteiger partial charge on any atom is 0.217 e. The number of unbranched alkanes of at least 4 members (excludes halogenated alkanes) is 1. The first-order chi connectivity index (χ1) is 53.7. The number of nitrogens with zero attached hydrogens (tertiary/aromatic N) is 14. The van der Waals surface area contributed by atoms with Gasteiger partial charge in [-0.15, -0.1) is 20.4 Å². The minimum absolute atomic E-state index is 0.0119. The number of hydrogen-bond acceptors (Lipinski definition) is 36. The van der Waals surface area contributed by atoms with Gasteiger partial charge in [0.25, 0.3) is 0 Å². The number of rotatable bonds is 49.